The van der Waals surface area contributed by atoms with Gasteiger partial charge in [-0.05, 0) is 163 Å². The van der Waals surface area contributed by atoms with Crippen molar-refractivity contribution in [2.75, 3.05) is 0 Å². The number of ether oxygens (including phenoxy) is 1. The summed E-state index contributed by atoms with van der Waals surface area (Å²) in [6, 6.07) is 21.8. The predicted molar refractivity (Wildman–Crippen MR) is 345 cm³/mol. The minimum absolute atomic E-state index is 0. The molecule has 414 valence electrons. The quantitative estimate of drug-likeness (QED) is 0.0956. The van der Waals surface area contributed by atoms with Crippen LogP contribution in [0.25, 0.3) is 117 Å². The minimum atomic E-state index is -2.93. The molecule has 0 saturated heterocycles. The molecular formula is C79H60N4OPt-2. The summed E-state index contributed by atoms with van der Waals surface area (Å²) in [5, 5.41) is 1.26. The SMILES string of the molecule is [2H]c1c(-c2cc(-c3c([2H])c([2H])c([2H])c([2H])c3[2H])cc(C(C)(C)C)c2-[n+]2[c-]n(-c3[c-]c(Oc4[c-]c5c(cc4)c4ccccc4n5-c4cc(C([2H])([2H])[2H])c(-c5c([2H])c([2H])c([2H])c([2H])c5[2H])cn4)ccc3)c3cc(-c4c(C([2H])([2H])[2H])cccc4C([2H])([2H])[2H])ccc32)cc(-c2c([2H])c([2H])c([2H])c([2H])c2[2H])cc1-c1c([2H])c([2H])c([2H])c([2H])c1[2H].[Pt]. The molecule has 14 rings (SSSR count). The minimum Gasteiger partial charge on any atom is -0.510 e. The molecule has 14 aromatic rings. The Hall–Kier alpha value is -9.67. The maximum atomic E-state index is 10.5. The van der Waals surface area contributed by atoms with E-state index >= 15 is 0 Å². The normalized spacial score (nSPS) is 17.0. The van der Waals surface area contributed by atoms with E-state index in [-0.39, 0.29) is 133 Å². The molecule has 3 heterocycles. The van der Waals surface area contributed by atoms with E-state index in [9.17, 15) is 9.60 Å². The first-order chi connectivity index (χ1) is 53.3. The maximum absolute atomic E-state index is 10.5. The number of aryl methyl sites for hydroxylation is 3. The van der Waals surface area contributed by atoms with Gasteiger partial charge in [0.2, 0.25) is 0 Å². The molecule has 0 spiro atoms. The Balaban J connectivity index is 0.0000115. The van der Waals surface area contributed by atoms with Gasteiger partial charge in [0.25, 0.3) is 6.33 Å². The van der Waals surface area contributed by atoms with Gasteiger partial charge in [0.15, 0.2) is 0 Å². The van der Waals surface area contributed by atoms with Crippen molar-refractivity contribution in [3.63, 3.8) is 0 Å². The number of nitrogens with zero attached hydrogens (tertiary/aromatic N) is 4. The number of imidazole rings is 1. The number of para-hydroxylation sites is 1. The van der Waals surface area contributed by atoms with Gasteiger partial charge in [0.05, 0.1) is 45.5 Å². The van der Waals surface area contributed by atoms with Crippen molar-refractivity contribution in [2.45, 2.75) is 46.7 Å². The fourth-order valence-corrected chi connectivity index (χ4v) is 10.5. The van der Waals surface area contributed by atoms with Crippen molar-refractivity contribution in [2.24, 2.45) is 0 Å². The van der Waals surface area contributed by atoms with Crippen LogP contribution in [-0.2, 0) is 26.5 Å². The third-order valence-corrected chi connectivity index (χ3v) is 14.3. The van der Waals surface area contributed by atoms with E-state index in [0.717, 1.165) is 6.20 Å². The van der Waals surface area contributed by atoms with Crippen LogP contribution in [0.1, 0.15) is 84.1 Å². The Morgan fingerprint density at radius 3 is 1.81 bits per heavy atom. The van der Waals surface area contributed by atoms with Gasteiger partial charge in [0, 0.05) is 62.2 Å². The summed E-state index contributed by atoms with van der Waals surface area (Å²) in [4.78, 5) is 4.68. The smallest absolute Gasteiger partial charge is 0.268 e. The fraction of sp³-hybridized carbons (Fsp3) is 0.0886. The van der Waals surface area contributed by atoms with Gasteiger partial charge in [0.1, 0.15) is 5.82 Å². The van der Waals surface area contributed by atoms with Crippen LogP contribution in [-0.4, -0.2) is 14.1 Å². The van der Waals surface area contributed by atoms with Crippen LogP contribution in [0, 0.1) is 39.0 Å². The number of fused-ring (bicyclic) bond motifs is 4. The molecule has 0 fully saturated rings. The molecule has 11 aromatic carbocycles. The molecule has 0 aliphatic carbocycles. The summed E-state index contributed by atoms with van der Waals surface area (Å²) in [5.41, 5.74) is -3.63. The Morgan fingerprint density at radius 1 is 0.506 bits per heavy atom. The van der Waals surface area contributed by atoms with E-state index in [0.29, 0.717) is 21.8 Å². The van der Waals surface area contributed by atoms with Crippen molar-refractivity contribution < 1.29 is 71.5 Å². The molecule has 0 radical (unpaired) electrons. The molecule has 0 aliphatic heterocycles. The average molecular weight is 1310 g/mol. The third kappa shape index (κ3) is 10.3. The summed E-state index contributed by atoms with van der Waals surface area (Å²) in [7, 11) is 0. The summed E-state index contributed by atoms with van der Waals surface area (Å²) in [6.07, 6.45) is 4.59. The summed E-state index contributed by atoms with van der Waals surface area (Å²) in [5.74, 6) is 0.106. The topological polar surface area (TPSA) is 35.9 Å². The van der Waals surface area contributed by atoms with Gasteiger partial charge in [-0.3, -0.25) is 4.57 Å². The van der Waals surface area contributed by atoms with Crippen molar-refractivity contribution >= 4 is 32.8 Å². The molecule has 0 aliphatic rings. The number of hydrogen-bond donors (Lipinski definition) is 0. The zero-order valence-electron chi connectivity index (χ0n) is 75.1. The standard InChI is InChI=1S/C79H60N4O.Pt/c1-52-23-21-24-53(2)77(52)59-37-40-73-75(47-59)81(64-33-22-34-65(48-64)84-66-38-39-68-67-35-19-20-36-72(67)83(74(68)49-66)76-41-54(3)70(50-80-76)58-31-17-10-18-32-58)51-82(73)78-69(45-62(46-71(78)79(4,5)6)57-29-15-9-16-30-57)63-43-60(55-25-11-7-12-26-55)42-61(44-63)56-27-13-8-14-28-56;/h7-47,50H,1-6H3;/q-2;/i1D3,2D3,3D3,7D,8D,9D,10D,11D,12D,13D,14D,15D,16D,17D,18D,25D,26D,27D,28D,29D,30D,31D,32D,43D;. The molecule has 6 heteroatoms. The van der Waals surface area contributed by atoms with Crippen LogP contribution in [0.4, 0.5) is 0 Å². The Bertz CT molecular complexity index is 6340. The molecular weight excluding hydrogens is 1220 g/mol. The van der Waals surface area contributed by atoms with Gasteiger partial charge in [-0.25, -0.2) is 4.98 Å². The van der Waals surface area contributed by atoms with E-state index in [1.54, 1.807) is 86.0 Å². The Kier molecular flexibility index (Phi) is 8.00. The zero-order valence-corrected chi connectivity index (χ0v) is 47.4. The summed E-state index contributed by atoms with van der Waals surface area (Å²) < 4.78 is 278. The second-order valence-electron chi connectivity index (χ2n) is 20.6. The van der Waals surface area contributed by atoms with E-state index in [2.05, 4.69) is 23.4 Å². The van der Waals surface area contributed by atoms with E-state index < -0.39 is 170 Å². The van der Waals surface area contributed by atoms with E-state index in [1.165, 1.54) is 63.7 Å². The maximum Gasteiger partial charge on any atom is 0.268 e. The second kappa shape index (κ2) is 22.5. The molecule has 0 N–H and O–H groups in total. The summed E-state index contributed by atoms with van der Waals surface area (Å²) >= 11 is 0. The molecule has 5 nitrogen and oxygen atoms in total. The molecule has 0 bridgehead atoms. The number of aromatic nitrogens is 4. The largest absolute Gasteiger partial charge is 0.510 e. The van der Waals surface area contributed by atoms with Crippen LogP contribution < -0.4 is 9.30 Å². The molecule has 3 aromatic heterocycles. The first-order valence-corrected chi connectivity index (χ1v) is 26.3. The number of benzene rings is 11. The number of rotatable bonds is 11. The van der Waals surface area contributed by atoms with Crippen molar-refractivity contribution in [3.8, 4) is 95.5 Å². The fourth-order valence-electron chi connectivity index (χ4n) is 10.5. The van der Waals surface area contributed by atoms with Crippen molar-refractivity contribution in [3.05, 3.63) is 295 Å². The van der Waals surface area contributed by atoms with Crippen LogP contribution in [0.5, 0.6) is 11.5 Å². The first-order valence-electron chi connectivity index (χ1n) is 41.3. The van der Waals surface area contributed by atoms with Crippen LogP contribution in [0.15, 0.2) is 254 Å². The van der Waals surface area contributed by atoms with Gasteiger partial charge < -0.3 is 13.9 Å². The van der Waals surface area contributed by atoms with Crippen molar-refractivity contribution in [1.82, 2.24) is 14.1 Å². The molecule has 0 saturated carbocycles. The molecule has 0 atom stereocenters. The number of pyridine rings is 1. The Morgan fingerprint density at radius 2 is 1.13 bits per heavy atom. The average Bonchev–Trinajstić information content (AvgIpc) is 1.71. The van der Waals surface area contributed by atoms with Gasteiger partial charge >= 0.3 is 0 Å². The van der Waals surface area contributed by atoms with Gasteiger partial charge in [-0.1, -0.05) is 202 Å². The zero-order chi connectivity index (χ0) is 82.8. The second-order valence-corrected chi connectivity index (χ2v) is 20.6. The first kappa shape index (κ1) is 30.2. The monoisotopic (exact) mass is 1310 g/mol. The Labute approximate surface area is 554 Å². The van der Waals surface area contributed by atoms with Gasteiger partial charge in [-0.15, -0.1) is 29.7 Å². The predicted octanol–water partition coefficient (Wildman–Crippen LogP) is 19.8. The van der Waals surface area contributed by atoms with E-state index in [4.69, 9.17) is 36.3 Å². The van der Waals surface area contributed by atoms with Crippen LogP contribution >= 0.6 is 0 Å². The van der Waals surface area contributed by atoms with Crippen LogP contribution in [0.2, 0.25) is 0 Å². The molecule has 0 amide bonds. The number of hydrogen-bond acceptors (Lipinski definition) is 2. The molecule has 0 unspecified atom stereocenters. The van der Waals surface area contributed by atoms with Gasteiger partial charge in [-0.2, -0.15) is 18.2 Å². The van der Waals surface area contributed by atoms with E-state index in [1.807, 2.05) is 6.07 Å². The van der Waals surface area contributed by atoms with Crippen LogP contribution in [0.3, 0.4) is 0 Å². The summed E-state index contributed by atoms with van der Waals surface area (Å²) in [6.45, 7) is -3.40. The third-order valence-electron chi connectivity index (χ3n) is 14.3. The van der Waals surface area contributed by atoms with Crippen molar-refractivity contribution in [1.29, 1.82) is 0 Å². The molecule has 85 heavy (non-hydrogen) atoms.